The third kappa shape index (κ3) is 5.20. The fourth-order valence-electron chi connectivity index (χ4n) is 2.79. The zero-order chi connectivity index (χ0) is 19.3. The first-order valence-corrected chi connectivity index (χ1v) is 11.6. The van der Waals surface area contributed by atoms with Crippen molar-refractivity contribution >= 4 is 33.4 Å². The number of rotatable bonds is 7. The van der Waals surface area contributed by atoms with E-state index in [0.717, 1.165) is 23.5 Å². The van der Waals surface area contributed by atoms with Crippen LogP contribution in [0, 0.1) is 0 Å². The molecular formula is C18H22N2O5S2. The molecule has 7 nitrogen and oxygen atoms in total. The van der Waals surface area contributed by atoms with Gasteiger partial charge in [-0.2, -0.15) is 11.8 Å². The van der Waals surface area contributed by atoms with Crippen LogP contribution in [0.5, 0.6) is 5.75 Å². The first kappa shape index (κ1) is 19.6. The van der Waals surface area contributed by atoms with Gasteiger partial charge < -0.3 is 14.5 Å². The average molecular weight is 411 g/mol. The molecular weight excluding hydrogens is 388 g/mol. The first-order valence-electron chi connectivity index (χ1n) is 8.56. The smallest absolute Gasteiger partial charge is 0.261 e. The number of nitrogens with one attached hydrogen (secondary N) is 1. The predicted molar refractivity (Wildman–Crippen MR) is 106 cm³/mol. The summed E-state index contributed by atoms with van der Waals surface area (Å²) in [5.74, 6) is 2.55. The van der Waals surface area contributed by atoms with E-state index in [-0.39, 0.29) is 18.9 Å². The molecule has 0 saturated heterocycles. The number of sulfonamides is 1. The standard InChI is InChI=1S/C18H22N2O5S2/c1-27(22,23)20-10-8-17(25-16-7-3-2-6-15(16)20)18(21)19-9-12-26-13-14-5-4-11-24-14/h2-7,11,17H,8-10,12-13H2,1H3,(H,19,21)/t17-/m1/s1. The van der Waals surface area contributed by atoms with Crippen molar-refractivity contribution < 1.29 is 22.4 Å². The summed E-state index contributed by atoms with van der Waals surface area (Å²) in [7, 11) is -3.45. The molecule has 0 bridgehead atoms. The molecule has 0 saturated carbocycles. The van der Waals surface area contributed by atoms with Gasteiger partial charge in [0.1, 0.15) is 11.5 Å². The van der Waals surface area contributed by atoms with Crippen LogP contribution in [0.15, 0.2) is 47.1 Å². The highest BCUT2D eigenvalue weighted by Gasteiger charge is 2.30. The summed E-state index contributed by atoms with van der Waals surface area (Å²) >= 11 is 1.66. The average Bonchev–Trinajstić information content (AvgIpc) is 3.05. The molecule has 0 radical (unpaired) electrons. The van der Waals surface area contributed by atoms with E-state index in [1.807, 2.05) is 12.1 Å². The number of ether oxygens (including phenoxy) is 1. The van der Waals surface area contributed by atoms with Crippen LogP contribution in [0.1, 0.15) is 12.2 Å². The summed E-state index contributed by atoms with van der Waals surface area (Å²) < 4.78 is 36.5. The number of benzene rings is 1. The van der Waals surface area contributed by atoms with Crippen molar-refractivity contribution in [1.82, 2.24) is 5.32 Å². The Balaban J connectivity index is 1.55. The molecule has 0 aliphatic carbocycles. The third-order valence-corrected chi connectivity index (χ3v) is 6.22. The van der Waals surface area contributed by atoms with Crippen LogP contribution < -0.4 is 14.4 Å². The molecule has 2 heterocycles. The van der Waals surface area contributed by atoms with E-state index in [4.69, 9.17) is 9.15 Å². The summed E-state index contributed by atoms with van der Waals surface area (Å²) in [6, 6.07) is 10.6. The zero-order valence-electron chi connectivity index (χ0n) is 15.0. The van der Waals surface area contributed by atoms with Gasteiger partial charge in [0.05, 0.1) is 24.0 Å². The molecule has 1 aliphatic heterocycles. The number of hydrogen-bond donors (Lipinski definition) is 1. The summed E-state index contributed by atoms with van der Waals surface area (Å²) in [6.07, 6.45) is 2.35. The van der Waals surface area contributed by atoms with E-state index < -0.39 is 16.1 Å². The fourth-order valence-corrected chi connectivity index (χ4v) is 4.49. The van der Waals surface area contributed by atoms with E-state index in [1.54, 1.807) is 42.3 Å². The summed E-state index contributed by atoms with van der Waals surface area (Å²) in [4.78, 5) is 12.5. The molecule has 1 amide bonds. The van der Waals surface area contributed by atoms with Gasteiger partial charge in [-0.1, -0.05) is 12.1 Å². The fraction of sp³-hybridized carbons (Fsp3) is 0.389. The Morgan fingerprint density at radius 1 is 1.30 bits per heavy atom. The lowest BCUT2D eigenvalue weighted by atomic mass is 10.2. The maximum absolute atomic E-state index is 12.5. The maximum Gasteiger partial charge on any atom is 0.261 e. The Kier molecular flexibility index (Phi) is 6.33. The van der Waals surface area contributed by atoms with Crippen molar-refractivity contribution in [3.63, 3.8) is 0 Å². The van der Waals surface area contributed by atoms with Crippen LogP contribution >= 0.6 is 11.8 Å². The molecule has 0 unspecified atom stereocenters. The Hall–Kier alpha value is -2.13. The van der Waals surface area contributed by atoms with E-state index in [9.17, 15) is 13.2 Å². The Bertz CT molecular complexity index is 868. The normalized spacial score (nSPS) is 16.9. The molecule has 2 aromatic rings. The second kappa shape index (κ2) is 8.71. The van der Waals surface area contributed by atoms with Crippen LogP contribution in [0.2, 0.25) is 0 Å². The highest BCUT2D eigenvalue weighted by molar-refractivity contribution is 7.98. The van der Waals surface area contributed by atoms with Crippen molar-refractivity contribution in [3.05, 3.63) is 48.4 Å². The van der Waals surface area contributed by atoms with Crippen LogP contribution in [0.3, 0.4) is 0 Å². The van der Waals surface area contributed by atoms with Gasteiger partial charge in [0.15, 0.2) is 6.10 Å². The molecule has 1 atom stereocenters. The number of nitrogens with zero attached hydrogens (tertiary/aromatic N) is 1. The third-order valence-electron chi connectivity index (χ3n) is 4.06. The molecule has 1 aromatic heterocycles. The van der Waals surface area contributed by atoms with Gasteiger partial charge in [-0.3, -0.25) is 9.10 Å². The lowest BCUT2D eigenvalue weighted by Gasteiger charge is -2.20. The lowest BCUT2D eigenvalue weighted by Crippen LogP contribution is -2.40. The SMILES string of the molecule is CS(=O)(=O)N1CC[C@H](C(=O)NCCSCc2ccco2)Oc2ccccc21. The Morgan fingerprint density at radius 2 is 2.11 bits per heavy atom. The van der Waals surface area contributed by atoms with Crippen molar-refractivity contribution in [3.8, 4) is 5.75 Å². The molecule has 27 heavy (non-hydrogen) atoms. The number of thioether (sulfide) groups is 1. The molecule has 1 N–H and O–H groups in total. The highest BCUT2D eigenvalue weighted by atomic mass is 32.2. The Morgan fingerprint density at radius 3 is 2.85 bits per heavy atom. The van der Waals surface area contributed by atoms with Gasteiger partial charge in [-0.05, 0) is 24.3 Å². The topological polar surface area (TPSA) is 88.9 Å². The number of carbonyl (C=O) groups excluding carboxylic acids is 1. The van der Waals surface area contributed by atoms with Crippen LogP contribution in [0.4, 0.5) is 5.69 Å². The number of amides is 1. The zero-order valence-corrected chi connectivity index (χ0v) is 16.6. The second-order valence-electron chi connectivity index (χ2n) is 6.12. The van der Waals surface area contributed by atoms with Gasteiger partial charge in [0.2, 0.25) is 10.0 Å². The number of para-hydroxylation sites is 2. The number of anilines is 1. The maximum atomic E-state index is 12.5. The number of hydrogen-bond acceptors (Lipinski definition) is 6. The van der Waals surface area contributed by atoms with Crippen molar-refractivity contribution in [1.29, 1.82) is 0 Å². The molecule has 1 aliphatic rings. The van der Waals surface area contributed by atoms with E-state index in [2.05, 4.69) is 5.32 Å². The minimum atomic E-state index is -3.45. The minimum Gasteiger partial charge on any atom is -0.478 e. The monoisotopic (exact) mass is 410 g/mol. The van der Waals surface area contributed by atoms with Crippen LogP contribution in [-0.4, -0.2) is 45.5 Å². The van der Waals surface area contributed by atoms with Gasteiger partial charge in [-0.25, -0.2) is 8.42 Å². The van der Waals surface area contributed by atoms with Crippen molar-refractivity contribution in [2.45, 2.75) is 18.3 Å². The van der Waals surface area contributed by atoms with Gasteiger partial charge in [-0.15, -0.1) is 0 Å². The van der Waals surface area contributed by atoms with Crippen molar-refractivity contribution in [2.75, 3.05) is 29.4 Å². The first-order chi connectivity index (χ1) is 12.9. The second-order valence-corrected chi connectivity index (χ2v) is 9.13. The van der Waals surface area contributed by atoms with E-state index in [1.165, 1.54) is 4.31 Å². The number of fused-ring (bicyclic) bond motifs is 1. The summed E-state index contributed by atoms with van der Waals surface area (Å²) in [6.45, 7) is 0.697. The van der Waals surface area contributed by atoms with Gasteiger partial charge in [0, 0.05) is 25.3 Å². The van der Waals surface area contributed by atoms with Crippen molar-refractivity contribution in [2.24, 2.45) is 0 Å². The highest BCUT2D eigenvalue weighted by Crippen LogP contribution is 2.33. The Labute approximate surface area is 163 Å². The molecule has 1 aromatic carbocycles. The molecule has 9 heteroatoms. The lowest BCUT2D eigenvalue weighted by molar-refractivity contribution is -0.127. The van der Waals surface area contributed by atoms with E-state index >= 15 is 0 Å². The predicted octanol–water partition coefficient (Wildman–Crippen LogP) is 2.25. The largest absolute Gasteiger partial charge is 0.478 e. The quantitative estimate of drug-likeness (QED) is 0.705. The molecule has 3 rings (SSSR count). The number of furan rings is 1. The van der Waals surface area contributed by atoms with Gasteiger partial charge >= 0.3 is 0 Å². The molecule has 0 spiro atoms. The van der Waals surface area contributed by atoms with Crippen LogP contribution in [-0.2, 0) is 20.6 Å². The molecule has 0 fully saturated rings. The number of carbonyl (C=O) groups is 1. The summed E-state index contributed by atoms with van der Waals surface area (Å²) in [5.41, 5.74) is 0.462. The minimum absolute atomic E-state index is 0.196. The van der Waals surface area contributed by atoms with Crippen LogP contribution in [0.25, 0.3) is 0 Å². The summed E-state index contributed by atoms with van der Waals surface area (Å²) in [5, 5.41) is 2.86. The molecule has 146 valence electrons. The van der Waals surface area contributed by atoms with E-state index in [0.29, 0.717) is 18.0 Å². The van der Waals surface area contributed by atoms with Gasteiger partial charge in [0.25, 0.3) is 5.91 Å².